The smallest absolute Gasteiger partial charge is 0.224 e. The van der Waals surface area contributed by atoms with Crippen molar-refractivity contribution >= 4 is 41.3 Å². The normalized spacial score (nSPS) is 18.0. The lowest BCUT2D eigenvalue weighted by Gasteiger charge is -2.22. The van der Waals surface area contributed by atoms with Gasteiger partial charge in [-0.05, 0) is 86.1 Å². The second-order valence-corrected chi connectivity index (χ2v) is 9.99. The lowest BCUT2D eigenvalue weighted by atomic mass is 9.92. The Morgan fingerprint density at radius 1 is 1.23 bits per heavy atom. The fourth-order valence-corrected chi connectivity index (χ4v) is 4.67. The van der Waals surface area contributed by atoms with Crippen LogP contribution in [0.2, 0.25) is 0 Å². The minimum Gasteiger partial charge on any atom is -0.506 e. The minimum absolute atomic E-state index is 0.0512. The van der Waals surface area contributed by atoms with Crippen molar-refractivity contribution in [3.05, 3.63) is 84.6 Å². The number of nitrogens with zero attached hydrogens (tertiary/aromatic N) is 2. The molecule has 0 spiro atoms. The zero-order chi connectivity index (χ0) is 29.0. The molecule has 1 heterocycles. The van der Waals surface area contributed by atoms with Gasteiger partial charge in [0.2, 0.25) is 5.91 Å². The second kappa shape index (κ2) is 14.6. The number of anilines is 3. The Kier molecular flexibility index (Phi) is 11.0. The molecular formula is C31H38N6O3. The summed E-state index contributed by atoms with van der Waals surface area (Å²) >= 11 is 0. The summed E-state index contributed by atoms with van der Waals surface area (Å²) < 4.78 is 0. The summed E-state index contributed by atoms with van der Waals surface area (Å²) in [5.74, 6) is 1.15. The van der Waals surface area contributed by atoms with E-state index in [1.54, 1.807) is 36.5 Å². The van der Waals surface area contributed by atoms with Gasteiger partial charge in [-0.2, -0.15) is 0 Å². The van der Waals surface area contributed by atoms with Crippen LogP contribution >= 0.6 is 0 Å². The van der Waals surface area contributed by atoms with Gasteiger partial charge in [0.15, 0.2) is 0 Å². The number of aldehydes is 1. The van der Waals surface area contributed by atoms with Crippen LogP contribution in [0.15, 0.2) is 78.4 Å². The van der Waals surface area contributed by atoms with Crippen LogP contribution in [-0.2, 0) is 4.79 Å². The van der Waals surface area contributed by atoms with Crippen LogP contribution in [0.4, 0.5) is 22.9 Å². The third-order valence-electron chi connectivity index (χ3n) is 6.84. The summed E-state index contributed by atoms with van der Waals surface area (Å²) in [4.78, 5) is 31.6. The molecule has 3 aromatic rings. The first-order valence-corrected chi connectivity index (χ1v) is 13.3. The Hall–Kier alpha value is -4.50. The van der Waals surface area contributed by atoms with Crippen molar-refractivity contribution in [2.75, 3.05) is 23.4 Å². The lowest BCUT2D eigenvalue weighted by molar-refractivity contribution is -0.116. The number of pyridine rings is 1. The molecule has 1 amide bonds. The van der Waals surface area contributed by atoms with Crippen LogP contribution in [0.1, 0.15) is 54.4 Å². The number of hydrogen-bond acceptors (Lipinski definition) is 8. The molecule has 4 rings (SSSR count). The molecule has 0 aliphatic heterocycles. The standard InChI is InChI=1S/C25H30N4O3.C6H8N2/c1-2-10-25(27)11-9-17(14-25)5-8-24(32)29-21-7-4-18(13-23(21)31)15-28-22-12-19(16-30)3-6-20(22)26;1-7-6-4-2-3-5-8-6/h2-4,6-7,12-13,15-17,31H,1,5,8-11,14,26-27H2,(H,29,32);2-5H,1H3,(H,7,8)/t17-,25?;/m1./s1. The van der Waals surface area contributed by atoms with Crippen LogP contribution in [-0.4, -0.2) is 41.1 Å². The van der Waals surface area contributed by atoms with Crippen molar-refractivity contribution in [1.82, 2.24) is 4.98 Å². The average Bonchev–Trinajstić information content (AvgIpc) is 3.34. The van der Waals surface area contributed by atoms with Crippen LogP contribution in [0.3, 0.4) is 0 Å². The molecule has 2 atom stereocenters. The number of carbonyl (C=O) groups excluding carboxylic acids is 2. The summed E-state index contributed by atoms with van der Waals surface area (Å²) in [6, 6.07) is 15.4. The van der Waals surface area contributed by atoms with Gasteiger partial charge in [0.05, 0.1) is 17.1 Å². The monoisotopic (exact) mass is 542 g/mol. The van der Waals surface area contributed by atoms with Gasteiger partial charge in [-0.1, -0.05) is 18.2 Å². The number of rotatable bonds is 10. The highest BCUT2D eigenvalue weighted by Gasteiger charge is 2.34. The first kappa shape index (κ1) is 30.0. The number of hydrogen-bond donors (Lipinski definition) is 5. The van der Waals surface area contributed by atoms with Crippen LogP contribution < -0.4 is 22.1 Å². The predicted octanol–water partition coefficient (Wildman–Crippen LogP) is 5.45. The van der Waals surface area contributed by atoms with E-state index >= 15 is 0 Å². The van der Waals surface area contributed by atoms with Crippen molar-refractivity contribution in [2.45, 2.75) is 44.1 Å². The third-order valence-corrected chi connectivity index (χ3v) is 6.84. The number of phenolic OH excluding ortho intramolecular Hbond substituents is 1. The molecular weight excluding hydrogens is 504 g/mol. The third kappa shape index (κ3) is 9.06. The molecule has 0 saturated heterocycles. The maximum absolute atomic E-state index is 12.4. The van der Waals surface area contributed by atoms with E-state index < -0.39 is 0 Å². The summed E-state index contributed by atoms with van der Waals surface area (Å²) in [6.07, 6.45) is 10.7. The average molecular weight is 543 g/mol. The van der Waals surface area contributed by atoms with Crippen molar-refractivity contribution in [1.29, 1.82) is 0 Å². The molecule has 0 radical (unpaired) electrons. The highest BCUT2D eigenvalue weighted by Crippen LogP contribution is 2.37. The number of carbonyl (C=O) groups is 2. The van der Waals surface area contributed by atoms with E-state index in [9.17, 15) is 14.7 Å². The van der Waals surface area contributed by atoms with E-state index in [-0.39, 0.29) is 17.2 Å². The number of nitrogens with one attached hydrogen (secondary N) is 2. The lowest BCUT2D eigenvalue weighted by Crippen LogP contribution is -2.36. The van der Waals surface area contributed by atoms with E-state index in [0.29, 0.717) is 40.5 Å². The van der Waals surface area contributed by atoms with Gasteiger partial charge < -0.3 is 27.2 Å². The molecule has 7 N–H and O–H groups in total. The van der Waals surface area contributed by atoms with E-state index in [1.165, 1.54) is 12.3 Å². The van der Waals surface area contributed by atoms with Crippen molar-refractivity contribution in [3.63, 3.8) is 0 Å². The van der Waals surface area contributed by atoms with E-state index in [4.69, 9.17) is 11.5 Å². The Bertz CT molecular complexity index is 1330. The Balaban J connectivity index is 0.000000472. The number of amides is 1. The number of benzene rings is 2. The SMILES string of the molecule is C=CCC1(N)CC[C@@H](CCC(=O)Nc2ccc(C=Nc3cc(C=O)ccc3N)cc2O)C1.CNc1ccccn1. The molecule has 2 aromatic carbocycles. The highest BCUT2D eigenvalue weighted by atomic mass is 16.3. The van der Waals surface area contributed by atoms with Gasteiger partial charge in [0.25, 0.3) is 0 Å². The second-order valence-electron chi connectivity index (χ2n) is 9.99. The van der Waals surface area contributed by atoms with Crippen LogP contribution in [0.5, 0.6) is 5.75 Å². The van der Waals surface area contributed by atoms with Gasteiger partial charge in [0, 0.05) is 37.0 Å². The van der Waals surface area contributed by atoms with E-state index in [1.807, 2.05) is 31.3 Å². The molecule has 1 fully saturated rings. The molecule has 9 nitrogen and oxygen atoms in total. The zero-order valence-electron chi connectivity index (χ0n) is 22.8. The Labute approximate surface area is 235 Å². The van der Waals surface area contributed by atoms with Gasteiger partial charge in [-0.25, -0.2) is 4.98 Å². The molecule has 1 aromatic heterocycles. The van der Waals surface area contributed by atoms with Crippen molar-refractivity contribution in [2.24, 2.45) is 16.6 Å². The Morgan fingerprint density at radius 3 is 2.67 bits per heavy atom. The van der Waals surface area contributed by atoms with E-state index in [2.05, 4.69) is 27.2 Å². The fraction of sp³-hybridized carbons (Fsp3) is 0.290. The Morgan fingerprint density at radius 2 is 2.02 bits per heavy atom. The van der Waals surface area contributed by atoms with Crippen molar-refractivity contribution in [3.8, 4) is 5.75 Å². The minimum atomic E-state index is -0.183. The molecule has 1 aliphatic rings. The molecule has 1 unspecified atom stereocenters. The maximum atomic E-state index is 12.4. The summed E-state index contributed by atoms with van der Waals surface area (Å²) in [7, 11) is 1.85. The van der Waals surface area contributed by atoms with Gasteiger partial charge in [-0.15, -0.1) is 6.58 Å². The first-order chi connectivity index (χ1) is 19.2. The number of nitrogens with two attached hydrogens (primary N) is 2. The first-order valence-electron chi connectivity index (χ1n) is 13.3. The largest absolute Gasteiger partial charge is 0.506 e. The number of aromatic hydroxyl groups is 1. The molecule has 1 saturated carbocycles. The quantitative estimate of drug-likeness (QED) is 0.0749. The summed E-state index contributed by atoms with van der Waals surface area (Å²) in [5.41, 5.74) is 14.4. The van der Waals surface area contributed by atoms with Gasteiger partial charge in [0.1, 0.15) is 17.9 Å². The molecule has 0 bridgehead atoms. The zero-order valence-corrected chi connectivity index (χ0v) is 22.8. The topological polar surface area (TPSA) is 156 Å². The van der Waals surface area contributed by atoms with Crippen LogP contribution in [0.25, 0.3) is 0 Å². The predicted molar refractivity (Wildman–Crippen MR) is 162 cm³/mol. The number of aliphatic imine (C=N–C) groups is 1. The molecule has 1 aliphatic carbocycles. The molecule has 9 heteroatoms. The number of nitrogen functional groups attached to an aromatic ring is 1. The number of aromatic nitrogens is 1. The van der Waals surface area contributed by atoms with Gasteiger partial charge in [-0.3, -0.25) is 14.6 Å². The molecule has 210 valence electrons. The summed E-state index contributed by atoms with van der Waals surface area (Å²) in [5, 5.41) is 16.0. The van der Waals surface area contributed by atoms with Crippen LogP contribution in [0, 0.1) is 5.92 Å². The highest BCUT2D eigenvalue weighted by molar-refractivity contribution is 5.93. The fourth-order valence-electron chi connectivity index (χ4n) is 4.67. The van der Waals surface area contributed by atoms with E-state index in [0.717, 1.165) is 44.2 Å². The molecule has 40 heavy (non-hydrogen) atoms. The van der Waals surface area contributed by atoms with Gasteiger partial charge >= 0.3 is 0 Å². The summed E-state index contributed by atoms with van der Waals surface area (Å²) in [6.45, 7) is 3.77. The van der Waals surface area contributed by atoms with Crippen molar-refractivity contribution < 1.29 is 14.7 Å². The maximum Gasteiger partial charge on any atom is 0.224 e. The number of phenols is 1.